The standard InChI is InChI=1S/C18H26N4O2/c1-13(22-9-8-19-12-22)11-20-17(23)21-15-10-14(18(2,3)4)6-7-16(15)24-5/h6-10,12-13H,11H2,1-5H3,(H2,20,21,23). The summed E-state index contributed by atoms with van der Waals surface area (Å²) in [5.41, 5.74) is 1.79. The van der Waals surface area contributed by atoms with Crippen LogP contribution in [-0.2, 0) is 5.41 Å². The van der Waals surface area contributed by atoms with Crippen molar-refractivity contribution in [2.75, 3.05) is 19.0 Å². The molecule has 24 heavy (non-hydrogen) atoms. The van der Waals surface area contributed by atoms with Gasteiger partial charge in [-0.25, -0.2) is 9.78 Å². The van der Waals surface area contributed by atoms with E-state index >= 15 is 0 Å². The molecule has 1 aromatic carbocycles. The molecule has 0 bridgehead atoms. The number of rotatable bonds is 5. The SMILES string of the molecule is COc1ccc(C(C)(C)C)cc1NC(=O)NCC(C)n1ccnc1. The fourth-order valence-electron chi connectivity index (χ4n) is 2.31. The molecule has 2 N–H and O–H groups in total. The Balaban J connectivity index is 2.02. The van der Waals surface area contributed by atoms with Crippen molar-refractivity contribution >= 4 is 11.7 Å². The number of carbonyl (C=O) groups is 1. The number of imidazole rings is 1. The largest absolute Gasteiger partial charge is 0.495 e. The van der Waals surface area contributed by atoms with E-state index < -0.39 is 0 Å². The molecule has 2 amide bonds. The summed E-state index contributed by atoms with van der Waals surface area (Å²) in [7, 11) is 1.59. The zero-order valence-electron chi connectivity index (χ0n) is 15.0. The van der Waals surface area contributed by atoms with E-state index in [-0.39, 0.29) is 17.5 Å². The Morgan fingerprint density at radius 2 is 2.12 bits per heavy atom. The predicted molar refractivity (Wildman–Crippen MR) is 95.7 cm³/mol. The van der Waals surface area contributed by atoms with Crippen molar-refractivity contribution < 1.29 is 9.53 Å². The van der Waals surface area contributed by atoms with Gasteiger partial charge in [-0.2, -0.15) is 0 Å². The first kappa shape index (κ1) is 17.8. The van der Waals surface area contributed by atoms with Gasteiger partial charge in [0.2, 0.25) is 0 Å². The van der Waals surface area contributed by atoms with Gasteiger partial charge in [-0.05, 0) is 30.0 Å². The Hall–Kier alpha value is -2.50. The predicted octanol–water partition coefficient (Wildman–Crippen LogP) is 3.57. The molecule has 0 saturated heterocycles. The van der Waals surface area contributed by atoms with E-state index in [9.17, 15) is 4.79 Å². The Morgan fingerprint density at radius 1 is 1.38 bits per heavy atom. The van der Waals surface area contributed by atoms with Gasteiger partial charge in [0.25, 0.3) is 0 Å². The number of aromatic nitrogens is 2. The zero-order valence-corrected chi connectivity index (χ0v) is 15.0. The van der Waals surface area contributed by atoms with Gasteiger partial charge in [-0.3, -0.25) is 0 Å². The third-order valence-electron chi connectivity index (χ3n) is 3.91. The van der Waals surface area contributed by atoms with Crippen molar-refractivity contribution in [1.82, 2.24) is 14.9 Å². The summed E-state index contributed by atoms with van der Waals surface area (Å²) >= 11 is 0. The summed E-state index contributed by atoms with van der Waals surface area (Å²) in [5.74, 6) is 0.640. The van der Waals surface area contributed by atoms with E-state index in [1.165, 1.54) is 0 Å². The zero-order chi connectivity index (χ0) is 17.7. The lowest BCUT2D eigenvalue weighted by Gasteiger charge is -2.21. The van der Waals surface area contributed by atoms with Crippen LogP contribution in [0.25, 0.3) is 0 Å². The van der Waals surface area contributed by atoms with E-state index in [1.54, 1.807) is 19.6 Å². The summed E-state index contributed by atoms with van der Waals surface area (Å²) < 4.78 is 7.29. The molecular formula is C18H26N4O2. The molecule has 0 spiro atoms. The summed E-state index contributed by atoms with van der Waals surface area (Å²) in [6.45, 7) is 8.91. The number of ether oxygens (including phenoxy) is 1. The van der Waals surface area contributed by atoms with Crippen LogP contribution in [0.2, 0.25) is 0 Å². The first-order chi connectivity index (χ1) is 11.3. The van der Waals surface area contributed by atoms with E-state index in [1.807, 2.05) is 35.9 Å². The van der Waals surface area contributed by atoms with E-state index in [0.717, 1.165) is 5.56 Å². The molecule has 130 valence electrons. The minimum atomic E-state index is -0.258. The topological polar surface area (TPSA) is 68.2 Å². The number of nitrogens with one attached hydrogen (secondary N) is 2. The molecule has 1 heterocycles. The first-order valence-corrected chi connectivity index (χ1v) is 8.02. The Kier molecular flexibility index (Phi) is 5.49. The number of benzene rings is 1. The highest BCUT2D eigenvalue weighted by atomic mass is 16.5. The van der Waals surface area contributed by atoms with Gasteiger partial charge in [-0.1, -0.05) is 26.8 Å². The van der Waals surface area contributed by atoms with Gasteiger partial charge in [0.15, 0.2) is 0 Å². The third-order valence-corrected chi connectivity index (χ3v) is 3.91. The first-order valence-electron chi connectivity index (χ1n) is 8.02. The maximum atomic E-state index is 12.2. The molecule has 0 radical (unpaired) electrons. The summed E-state index contributed by atoms with van der Waals surface area (Å²) in [5, 5.41) is 5.75. The monoisotopic (exact) mass is 330 g/mol. The van der Waals surface area contributed by atoms with Crippen LogP contribution in [0.15, 0.2) is 36.9 Å². The van der Waals surface area contributed by atoms with Crippen molar-refractivity contribution in [2.24, 2.45) is 0 Å². The number of hydrogen-bond acceptors (Lipinski definition) is 3. The third kappa shape index (κ3) is 4.50. The highest BCUT2D eigenvalue weighted by Gasteiger charge is 2.17. The van der Waals surface area contributed by atoms with Gasteiger partial charge < -0.3 is 19.9 Å². The number of hydrogen-bond donors (Lipinski definition) is 2. The smallest absolute Gasteiger partial charge is 0.319 e. The summed E-state index contributed by atoms with van der Waals surface area (Å²) in [6, 6.07) is 5.72. The van der Waals surface area contributed by atoms with Crippen LogP contribution < -0.4 is 15.4 Å². The fourth-order valence-corrected chi connectivity index (χ4v) is 2.31. The molecule has 0 aliphatic heterocycles. The van der Waals surface area contributed by atoms with Crippen molar-refractivity contribution in [3.63, 3.8) is 0 Å². The van der Waals surface area contributed by atoms with Gasteiger partial charge in [0.1, 0.15) is 5.75 Å². The Bertz CT molecular complexity index is 675. The maximum Gasteiger partial charge on any atom is 0.319 e. The number of methoxy groups -OCH3 is 1. The molecular weight excluding hydrogens is 304 g/mol. The molecule has 6 nitrogen and oxygen atoms in total. The molecule has 1 unspecified atom stereocenters. The lowest BCUT2D eigenvalue weighted by Crippen LogP contribution is -2.33. The van der Waals surface area contributed by atoms with E-state index in [4.69, 9.17) is 4.74 Å². The Labute approximate surface area is 143 Å². The van der Waals surface area contributed by atoms with Crippen LogP contribution in [0.4, 0.5) is 10.5 Å². The number of anilines is 1. The second-order valence-electron chi connectivity index (χ2n) is 6.86. The summed E-state index contributed by atoms with van der Waals surface area (Å²) in [6.07, 6.45) is 5.33. The van der Waals surface area contributed by atoms with Gasteiger partial charge >= 0.3 is 6.03 Å². The van der Waals surface area contributed by atoms with Crippen LogP contribution in [0.5, 0.6) is 5.75 Å². The minimum absolute atomic E-state index is 0.00485. The van der Waals surface area contributed by atoms with Crippen LogP contribution in [0.3, 0.4) is 0 Å². The quantitative estimate of drug-likeness (QED) is 0.880. The number of carbonyl (C=O) groups excluding carboxylic acids is 1. The van der Waals surface area contributed by atoms with Gasteiger partial charge in [-0.15, -0.1) is 0 Å². The second kappa shape index (κ2) is 7.38. The van der Waals surface area contributed by atoms with Crippen molar-refractivity contribution in [2.45, 2.75) is 39.2 Å². The van der Waals surface area contributed by atoms with Gasteiger partial charge in [0.05, 0.1) is 19.1 Å². The number of amides is 2. The number of nitrogens with zero attached hydrogens (tertiary/aromatic N) is 2. The molecule has 0 aliphatic carbocycles. The molecule has 1 atom stereocenters. The molecule has 2 aromatic rings. The van der Waals surface area contributed by atoms with Crippen LogP contribution >= 0.6 is 0 Å². The Morgan fingerprint density at radius 3 is 2.71 bits per heavy atom. The van der Waals surface area contributed by atoms with Crippen molar-refractivity contribution in [3.8, 4) is 5.75 Å². The maximum absolute atomic E-state index is 12.2. The number of urea groups is 1. The van der Waals surface area contributed by atoms with Crippen molar-refractivity contribution in [1.29, 1.82) is 0 Å². The lowest BCUT2D eigenvalue weighted by molar-refractivity contribution is 0.250. The molecule has 6 heteroatoms. The van der Waals surface area contributed by atoms with E-state index in [0.29, 0.717) is 18.0 Å². The van der Waals surface area contributed by atoms with Crippen LogP contribution in [-0.4, -0.2) is 29.2 Å². The summed E-state index contributed by atoms with van der Waals surface area (Å²) in [4.78, 5) is 16.2. The molecule has 1 aromatic heterocycles. The molecule has 0 fully saturated rings. The van der Waals surface area contributed by atoms with Gasteiger partial charge in [0, 0.05) is 25.0 Å². The van der Waals surface area contributed by atoms with Crippen molar-refractivity contribution in [3.05, 3.63) is 42.5 Å². The molecule has 0 saturated carbocycles. The normalized spacial score (nSPS) is 12.5. The highest BCUT2D eigenvalue weighted by Crippen LogP contribution is 2.31. The van der Waals surface area contributed by atoms with Crippen LogP contribution in [0, 0.1) is 0 Å². The molecule has 0 aliphatic rings. The minimum Gasteiger partial charge on any atom is -0.495 e. The van der Waals surface area contributed by atoms with E-state index in [2.05, 4.69) is 36.4 Å². The average molecular weight is 330 g/mol. The molecule has 2 rings (SSSR count). The second-order valence-corrected chi connectivity index (χ2v) is 6.86. The van der Waals surface area contributed by atoms with Crippen LogP contribution in [0.1, 0.15) is 39.3 Å². The average Bonchev–Trinajstić information content (AvgIpc) is 3.06. The fraction of sp³-hybridized carbons (Fsp3) is 0.444. The lowest BCUT2D eigenvalue weighted by atomic mass is 9.87. The highest BCUT2D eigenvalue weighted by molar-refractivity contribution is 5.91.